The predicted molar refractivity (Wildman–Crippen MR) is 70.1 cm³/mol. The van der Waals surface area contributed by atoms with E-state index in [4.69, 9.17) is 18.0 Å². The Kier molecular flexibility index (Phi) is 3.94. The Morgan fingerprint density at radius 3 is 2.50 bits per heavy atom. The van der Waals surface area contributed by atoms with Gasteiger partial charge in [0.2, 0.25) is 5.91 Å². The van der Waals surface area contributed by atoms with Crippen molar-refractivity contribution in [2.24, 2.45) is 17.1 Å². The molecule has 1 saturated carbocycles. The van der Waals surface area contributed by atoms with E-state index in [0.717, 1.165) is 19.3 Å². The second-order valence-electron chi connectivity index (χ2n) is 5.46. The Morgan fingerprint density at radius 2 is 2.12 bits per heavy atom. The summed E-state index contributed by atoms with van der Waals surface area (Å²) >= 11 is 4.93. The number of carbonyl (C=O) groups excluding carboxylic acids is 1. The molecule has 2 atom stereocenters. The van der Waals surface area contributed by atoms with Crippen LogP contribution in [0.25, 0.3) is 0 Å². The van der Waals surface area contributed by atoms with Gasteiger partial charge in [0.15, 0.2) is 0 Å². The van der Waals surface area contributed by atoms with Crippen LogP contribution in [-0.4, -0.2) is 28.9 Å². The molecule has 0 saturated heterocycles. The van der Waals surface area contributed by atoms with Gasteiger partial charge in [-0.2, -0.15) is 0 Å². The van der Waals surface area contributed by atoms with Crippen LogP contribution in [-0.2, 0) is 4.79 Å². The number of carbonyl (C=O) groups is 1. The second-order valence-corrected chi connectivity index (χ2v) is 5.93. The first kappa shape index (κ1) is 13.4. The number of hydrogen-bond acceptors (Lipinski definition) is 2. The van der Waals surface area contributed by atoms with Crippen LogP contribution in [0.1, 0.15) is 40.0 Å². The lowest BCUT2D eigenvalue weighted by molar-refractivity contribution is -0.137. The molecule has 92 valence electrons. The molecule has 3 nitrogen and oxygen atoms in total. The van der Waals surface area contributed by atoms with Crippen molar-refractivity contribution in [3.63, 3.8) is 0 Å². The number of hydrogen-bond donors (Lipinski definition) is 1. The molecule has 4 heteroatoms. The highest BCUT2D eigenvalue weighted by atomic mass is 32.1. The maximum atomic E-state index is 12.3. The Hall–Kier alpha value is -0.640. The molecule has 1 rings (SSSR count). The van der Waals surface area contributed by atoms with Crippen LogP contribution in [0, 0.1) is 11.3 Å². The van der Waals surface area contributed by atoms with Crippen molar-refractivity contribution in [2.75, 3.05) is 7.05 Å². The van der Waals surface area contributed by atoms with Crippen LogP contribution in [0.2, 0.25) is 0 Å². The molecule has 1 amide bonds. The number of nitrogens with zero attached hydrogens (tertiary/aromatic N) is 1. The Bertz CT molecular complexity index is 301. The van der Waals surface area contributed by atoms with Gasteiger partial charge in [0, 0.05) is 13.0 Å². The number of rotatable bonds is 3. The topological polar surface area (TPSA) is 46.3 Å². The summed E-state index contributed by atoms with van der Waals surface area (Å²) in [5.74, 6) is 0.303. The third kappa shape index (κ3) is 2.54. The van der Waals surface area contributed by atoms with E-state index in [9.17, 15) is 4.79 Å². The first-order valence-electron chi connectivity index (χ1n) is 5.83. The lowest BCUT2D eigenvalue weighted by Gasteiger charge is -2.32. The average Bonchev–Trinajstić information content (AvgIpc) is 2.54. The zero-order valence-corrected chi connectivity index (χ0v) is 11.4. The summed E-state index contributed by atoms with van der Waals surface area (Å²) in [5, 5.41) is 0. The predicted octanol–water partition coefficient (Wildman–Crippen LogP) is 1.95. The third-order valence-electron chi connectivity index (χ3n) is 3.90. The number of thiocarbonyl (C=S) groups is 1. The van der Waals surface area contributed by atoms with E-state index in [0.29, 0.717) is 4.99 Å². The molecular weight excluding hydrogens is 220 g/mol. The van der Waals surface area contributed by atoms with Gasteiger partial charge in [-0.05, 0) is 25.2 Å². The van der Waals surface area contributed by atoms with Crippen molar-refractivity contribution in [3.8, 4) is 0 Å². The zero-order chi connectivity index (χ0) is 12.5. The average molecular weight is 242 g/mol. The lowest BCUT2D eigenvalue weighted by atomic mass is 9.81. The molecule has 0 heterocycles. The van der Waals surface area contributed by atoms with Gasteiger partial charge in [-0.3, -0.25) is 4.79 Å². The summed E-state index contributed by atoms with van der Waals surface area (Å²) in [4.78, 5) is 14.4. The summed E-state index contributed by atoms with van der Waals surface area (Å²) < 4.78 is 0. The van der Waals surface area contributed by atoms with E-state index in [2.05, 4.69) is 13.8 Å². The minimum Gasteiger partial charge on any atom is -0.392 e. The number of amides is 1. The summed E-state index contributed by atoms with van der Waals surface area (Å²) in [6.45, 7) is 6.21. The summed E-state index contributed by atoms with van der Waals surface area (Å²) in [7, 11) is 1.79. The number of nitrogens with two attached hydrogens (primary N) is 1. The molecule has 0 spiro atoms. The van der Waals surface area contributed by atoms with Crippen molar-refractivity contribution < 1.29 is 4.79 Å². The van der Waals surface area contributed by atoms with Gasteiger partial charge in [-0.25, -0.2) is 0 Å². The molecule has 2 N–H and O–H groups in total. The first-order valence-corrected chi connectivity index (χ1v) is 6.24. The van der Waals surface area contributed by atoms with Crippen LogP contribution in [0.4, 0.5) is 0 Å². The van der Waals surface area contributed by atoms with E-state index < -0.39 is 0 Å². The van der Waals surface area contributed by atoms with Gasteiger partial charge in [0.05, 0.1) is 11.0 Å². The largest absolute Gasteiger partial charge is 0.392 e. The third-order valence-corrected chi connectivity index (χ3v) is 4.24. The van der Waals surface area contributed by atoms with E-state index in [1.807, 2.05) is 6.92 Å². The second kappa shape index (κ2) is 4.70. The highest BCUT2D eigenvalue weighted by Crippen LogP contribution is 2.43. The van der Waals surface area contributed by atoms with Gasteiger partial charge in [-0.1, -0.05) is 32.5 Å². The van der Waals surface area contributed by atoms with Crippen molar-refractivity contribution in [2.45, 2.75) is 46.1 Å². The van der Waals surface area contributed by atoms with Crippen LogP contribution >= 0.6 is 12.2 Å². The van der Waals surface area contributed by atoms with Crippen molar-refractivity contribution >= 4 is 23.1 Å². The number of likely N-dealkylation sites (N-methyl/N-ethyl adjacent to an activating group) is 1. The van der Waals surface area contributed by atoms with Crippen molar-refractivity contribution in [1.29, 1.82) is 0 Å². The maximum Gasteiger partial charge on any atom is 0.226 e. The molecular formula is C12H22N2OS. The molecule has 1 aliphatic carbocycles. The van der Waals surface area contributed by atoms with Gasteiger partial charge in [-0.15, -0.1) is 0 Å². The van der Waals surface area contributed by atoms with Gasteiger partial charge in [0.25, 0.3) is 0 Å². The Balaban J connectivity index is 2.74. The molecule has 1 fully saturated rings. The van der Waals surface area contributed by atoms with E-state index in [1.54, 1.807) is 11.9 Å². The standard InChI is InChI=1S/C12H22N2OS/c1-8(10(13)16)14(4)11(15)9-6-5-7-12(9,2)3/h8-9H,5-7H2,1-4H3,(H2,13,16). The summed E-state index contributed by atoms with van der Waals surface area (Å²) in [6, 6.07) is -0.154. The van der Waals surface area contributed by atoms with E-state index in [1.165, 1.54) is 0 Å². The summed E-state index contributed by atoms with van der Waals surface area (Å²) in [6.07, 6.45) is 3.25. The quantitative estimate of drug-likeness (QED) is 0.769. The Morgan fingerprint density at radius 1 is 1.56 bits per heavy atom. The normalized spacial score (nSPS) is 25.1. The van der Waals surface area contributed by atoms with Gasteiger partial charge < -0.3 is 10.6 Å². The molecule has 2 unspecified atom stereocenters. The zero-order valence-electron chi connectivity index (χ0n) is 10.6. The SMILES string of the molecule is CC(C(N)=S)N(C)C(=O)C1CCCC1(C)C. The lowest BCUT2D eigenvalue weighted by Crippen LogP contribution is -2.47. The molecule has 0 bridgehead atoms. The minimum absolute atomic E-state index is 0.112. The molecule has 0 aliphatic heterocycles. The fourth-order valence-corrected chi connectivity index (χ4v) is 2.57. The monoisotopic (exact) mass is 242 g/mol. The van der Waals surface area contributed by atoms with Crippen LogP contribution < -0.4 is 5.73 Å². The van der Waals surface area contributed by atoms with Crippen molar-refractivity contribution in [3.05, 3.63) is 0 Å². The molecule has 16 heavy (non-hydrogen) atoms. The van der Waals surface area contributed by atoms with Gasteiger partial charge in [0.1, 0.15) is 0 Å². The fraction of sp³-hybridized carbons (Fsp3) is 0.833. The minimum atomic E-state index is -0.154. The van der Waals surface area contributed by atoms with E-state index >= 15 is 0 Å². The van der Waals surface area contributed by atoms with Crippen LogP contribution in [0.5, 0.6) is 0 Å². The molecule has 0 aromatic heterocycles. The molecule has 1 aliphatic rings. The molecule has 0 aromatic carbocycles. The van der Waals surface area contributed by atoms with Crippen LogP contribution in [0.15, 0.2) is 0 Å². The summed E-state index contributed by atoms with van der Waals surface area (Å²) in [5.41, 5.74) is 5.69. The highest BCUT2D eigenvalue weighted by molar-refractivity contribution is 7.80. The van der Waals surface area contributed by atoms with Crippen molar-refractivity contribution in [1.82, 2.24) is 4.90 Å². The maximum absolute atomic E-state index is 12.3. The first-order chi connectivity index (χ1) is 7.27. The van der Waals surface area contributed by atoms with Crippen LogP contribution in [0.3, 0.4) is 0 Å². The highest BCUT2D eigenvalue weighted by Gasteiger charge is 2.41. The van der Waals surface area contributed by atoms with Gasteiger partial charge >= 0.3 is 0 Å². The molecule has 0 aromatic rings. The Labute approximate surface area is 103 Å². The smallest absolute Gasteiger partial charge is 0.226 e. The fourth-order valence-electron chi connectivity index (χ4n) is 2.41. The molecule has 0 radical (unpaired) electrons. The van der Waals surface area contributed by atoms with E-state index in [-0.39, 0.29) is 23.3 Å².